The zero-order valence-electron chi connectivity index (χ0n) is 15.5. The molecule has 0 bridgehead atoms. The first-order valence-electron chi connectivity index (χ1n) is 9.06. The van der Waals surface area contributed by atoms with Crippen molar-refractivity contribution in [2.75, 3.05) is 18.4 Å². The van der Waals surface area contributed by atoms with Crippen LogP contribution >= 0.6 is 0 Å². The predicted molar refractivity (Wildman–Crippen MR) is 97.6 cm³/mol. The highest BCUT2D eigenvalue weighted by Gasteiger charge is 2.29. The average Bonchev–Trinajstić information content (AvgIpc) is 3.23. The molecular weight excluding hydrogens is 316 g/mol. The van der Waals surface area contributed by atoms with Gasteiger partial charge in [0.15, 0.2) is 0 Å². The van der Waals surface area contributed by atoms with Gasteiger partial charge in [0, 0.05) is 30.3 Å². The molecule has 2 aromatic heterocycles. The molecule has 1 aliphatic rings. The molecule has 1 saturated heterocycles. The number of carbonyl (C=O) groups is 1. The number of aromatic nitrogens is 4. The Balaban J connectivity index is 1.64. The van der Waals surface area contributed by atoms with E-state index in [1.54, 1.807) is 6.20 Å². The van der Waals surface area contributed by atoms with Crippen LogP contribution in [-0.2, 0) is 4.79 Å². The molecule has 7 heteroatoms. The molecular formula is C18H28N6O. The Morgan fingerprint density at radius 2 is 2.20 bits per heavy atom. The second kappa shape index (κ2) is 7.39. The molecule has 0 saturated carbocycles. The number of piperidine rings is 1. The number of aromatic amines is 1. The predicted octanol–water partition coefficient (Wildman–Crippen LogP) is 2.70. The third-order valence-electron chi connectivity index (χ3n) is 4.93. The largest absolute Gasteiger partial charge is 0.310 e. The Morgan fingerprint density at radius 1 is 1.40 bits per heavy atom. The van der Waals surface area contributed by atoms with Gasteiger partial charge in [-0.1, -0.05) is 0 Å². The first-order valence-corrected chi connectivity index (χ1v) is 9.06. The monoisotopic (exact) mass is 344 g/mol. The fourth-order valence-electron chi connectivity index (χ4n) is 3.47. The van der Waals surface area contributed by atoms with Gasteiger partial charge in [0.2, 0.25) is 5.91 Å². The van der Waals surface area contributed by atoms with Crippen LogP contribution in [0, 0.1) is 6.92 Å². The zero-order chi connectivity index (χ0) is 18.0. The molecule has 0 aliphatic carbocycles. The third kappa shape index (κ3) is 3.92. The molecule has 2 atom stereocenters. The van der Waals surface area contributed by atoms with Gasteiger partial charge < -0.3 is 5.32 Å². The number of hydrogen-bond donors (Lipinski definition) is 2. The van der Waals surface area contributed by atoms with Crippen molar-refractivity contribution in [3.05, 3.63) is 29.7 Å². The first-order chi connectivity index (χ1) is 12.0. The highest BCUT2D eigenvalue weighted by molar-refractivity contribution is 5.93. The Labute approximate surface area is 148 Å². The summed E-state index contributed by atoms with van der Waals surface area (Å²) in [5.41, 5.74) is 2.19. The fourth-order valence-corrected chi connectivity index (χ4v) is 3.47. The average molecular weight is 344 g/mol. The van der Waals surface area contributed by atoms with E-state index >= 15 is 0 Å². The van der Waals surface area contributed by atoms with E-state index in [-0.39, 0.29) is 18.0 Å². The van der Waals surface area contributed by atoms with Crippen LogP contribution in [0.1, 0.15) is 57.0 Å². The number of carbonyl (C=O) groups excluding carboxylic acids is 1. The van der Waals surface area contributed by atoms with Crippen molar-refractivity contribution in [3.8, 4) is 0 Å². The smallest absolute Gasteiger partial charge is 0.242 e. The van der Waals surface area contributed by atoms with Crippen LogP contribution in [0.2, 0.25) is 0 Å². The van der Waals surface area contributed by atoms with E-state index in [1.807, 2.05) is 38.4 Å². The molecule has 2 aromatic rings. The van der Waals surface area contributed by atoms with Crippen molar-refractivity contribution in [2.45, 2.75) is 58.5 Å². The molecule has 25 heavy (non-hydrogen) atoms. The molecule has 1 fully saturated rings. The van der Waals surface area contributed by atoms with E-state index in [0.29, 0.717) is 5.92 Å². The summed E-state index contributed by atoms with van der Waals surface area (Å²) in [5, 5.41) is 14.7. The first kappa shape index (κ1) is 17.7. The Morgan fingerprint density at radius 3 is 2.88 bits per heavy atom. The third-order valence-corrected chi connectivity index (χ3v) is 4.93. The van der Waals surface area contributed by atoms with Gasteiger partial charge in [-0.15, -0.1) is 0 Å². The number of aryl methyl sites for hydroxylation is 1. The molecule has 2 N–H and O–H groups in total. The van der Waals surface area contributed by atoms with Crippen molar-refractivity contribution in [2.24, 2.45) is 0 Å². The maximum absolute atomic E-state index is 12.7. The topological polar surface area (TPSA) is 78.8 Å². The Bertz CT molecular complexity index is 719. The summed E-state index contributed by atoms with van der Waals surface area (Å²) in [6.45, 7) is 9.90. The lowest BCUT2D eigenvalue weighted by Gasteiger charge is -2.35. The van der Waals surface area contributed by atoms with Gasteiger partial charge in [0.05, 0.1) is 17.9 Å². The van der Waals surface area contributed by atoms with Crippen LogP contribution < -0.4 is 5.32 Å². The molecule has 0 spiro atoms. The van der Waals surface area contributed by atoms with Gasteiger partial charge in [-0.05, 0) is 53.1 Å². The van der Waals surface area contributed by atoms with Gasteiger partial charge in [0.25, 0.3) is 0 Å². The van der Waals surface area contributed by atoms with E-state index in [0.717, 1.165) is 43.1 Å². The molecule has 0 aromatic carbocycles. The SMILES string of the molecule is Cc1cc(C2CCCN(C(C)C(=O)Nc3ccnn3C(C)C)C2)n[nH]1. The number of likely N-dealkylation sites (tertiary alicyclic amines) is 1. The molecule has 1 amide bonds. The standard InChI is InChI=1S/C18H28N6O/c1-12(2)24-17(7-8-19-24)20-18(25)14(4)23-9-5-6-15(11-23)16-10-13(3)21-22-16/h7-8,10,12,14-15H,5-6,9,11H2,1-4H3,(H,20,25)(H,21,22). The fraction of sp³-hybridized carbons (Fsp3) is 0.611. The summed E-state index contributed by atoms with van der Waals surface area (Å²) in [7, 11) is 0. The number of nitrogens with one attached hydrogen (secondary N) is 2. The number of anilines is 1. The molecule has 7 nitrogen and oxygen atoms in total. The maximum atomic E-state index is 12.7. The lowest BCUT2D eigenvalue weighted by atomic mass is 9.93. The van der Waals surface area contributed by atoms with E-state index in [9.17, 15) is 4.79 Å². The van der Waals surface area contributed by atoms with E-state index in [4.69, 9.17) is 0 Å². The van der Waals surface area contributed by atoms with Crippen molar-refractivity contribution < 1.29 is 4.79 Å². The van der Waals surface area contributed by atoms with Gasteiger partial charge in [-0.25, -0.2) is 4.68 Å². The zero-order valence-corrected chi connectivity index (χ0v) is 15.5. The van der Waals surface area contributed by atoms with Crippen molar-refractivity contribution >= 4 is 11.7 Å². The minimum Gasteiger partial charge on any atom is -0.310 e. The van der Waals surface area contributed by atoms with Crippen LogP contribution in [-0.4, -0.2) is 49.9 Å². The van der Waals surface area contributed by atoms with E-state index in [2.05, 4.69) is 31.6 Å². The molecule has 0 radical (unpaired) electrons. The normalized spacial score (nSPS) is 20.0. The van der Waals surface area contributed by atoms with Crippen LogP contribution in [0.3, 0.4) is 0 Å². The Kier molecular flexibility index (Phi) is 5.22. The molecule has 2 unspecified atom stereocenters. The molecule has 136 valence electrons. The highest BCUT2D eigenvalue weighted by Crippen LogP contribution is 2.27. The van der Waals surface area contributed by atoms with Gasteiger partial charge in [0.1, 0.15) is 5.82 Å². The van der Waals surface area contributed by atoms with Crippen LogP contribution in [0.5, 0.6) is 0 Å². The number of H-pyrrole nitrogens is 1. The van der Waals surface area contributed by atoms with E-state index < -0.39 is 0 Å². The lowest BCUT2D eigenvalue weighted by Crippen LogP contribution is -2.46. The maximum Gasteiger partial charge on any atom is 0.242 e. The van der Waals surface area contributed by atoms with Crippen LogP contribution in [0.15, 0.2) is 18.3 Å². The second-order valence-electron chi connectivity index (χ2n) is 7.23. The Hall–Kier alpha value is -2.15. The lowest BCUT2D eigenvalue weighted by molar-refractivity contribution is -0.121. The van der Waals surface area contributed by atoms with Crippen molar-refractivity contribution in [3.63, 3.8) is 0 Å². The molecule has 1 aliphatic heterocycles. The quantitative estimate of drug-likeness (QED) is 0.874. The number of rotatable bonds is 5. The highest BCUT2D eigenvalue weighted by atomic mass is 16.2. The number of nitrogens with zero attached hydrogens (tertiary/aromatic N) is 4. The number of hydrogen-bond acceptors (Lipinski definition) is 4. The van der Waals surface area contributed by atoms with Crippen LogP contribution in [0.4, 0.5) is 5.82 Å². The van der Waals surface area contributed by atoms with E-state index in [1.165, 1.54) is 0 Å². The summed E-state index contributed by atoms with van der Waals surface area (Å²) < 4.78 is 1.83. The summed E-state index contributed by atoms with van der Waals surface area (Å²) >= 11 is 0. The summed E-state index contributed by atoms with van der Waals surface area (Å²) in [5.74, 6) is 1.15. The minimum atomic E-state index is -0.182. The van der Waals surface area contributed by atoms with Gasteiger partial charge >= 0.3 is 0 Å². The second-order valence-corrected chi connectivity index (χ2v) is 7.23. The summed E-state index contributed by atoms with van der Waals surface area (Å²) in [4.78, 5) is 15.0. The van der Waals surface area contributed by atoms with Gasteiger partial charge in [-0.2, -0.15) is 10.2 Å². The summed E-state index contributed by atoms with van der Waals surface area (Å²) in [6, 6.07) is 3.98. The number of amides is 1. The molecule has 3 rings (SSSR count). The van der Waals surface area contributed by atoms with Crippen molar-refractivity contribution in [1.82, 2.24) is 24.9 Å². The van der Waals surface area contributed by atoms with Gasteiger partial charge in [-0.3, -0.25) is 14.8 Å². The summed E-state index contributed by atoms with van der Waals surface area (Å²) in [6.07, 6.45) is 3.92. The molecule has 3 heterocycles. The van der Waals surface area contributed by atoms with Crippen LogP contribution in [0.25, 0.3) is 0 Å². The minimum absolute atomic E-state index is 0.0151. The van der Waals surface area contributed by atoms with Crippen molar-refractivity contribution in [1.29, 1.82) is 0 Å².